The van der Waals surface area contributed by atoms with Crippen LogP contribution in [0.1, 0.15) is 33.8 Å². The zero-order chi connectivity index (χ0) is 46.9. The SMILES string of the molecule is COc1cc2c(c3oc(=O)c4c(c13)CCC4=O)C1C=COC1O2.O=c1c(O)c(-c2ccc(O)c(O)c2)oc2cc(O)cc(O)c12.O=c1cc(-c2ccc(O)c(O)c2)oc2cc(O)cc(O)c12. The van der Waals surface area contributed by atoms with Crippen molar-refractivity contribution in [3.05, 3.63) is 133 Å². The van der Waals surface area contributed by atoms with E-state index in [9.17, 15) is 65.1 Å². The molecule has 5 aromatic carbocycles. The Morgan fingerprint density at radius 2 is 1.26 bits per heavy atom. The van der Waals surface area contributed by atoms with Gasteiger partial charge in [0.15, 0.2) is 40.0 Å². The van der Waals surface area contributed by atoms with Gasteiger partial charge in [-0.2, -0.15) is 0 Å². The Labute approximate surface area is 366 Å². The number of ether oxygens (including phenoxy) is 3. The maximum atomic E-state index is 12.3. The van der Waals surface area contributed by atoms with Gasteiger partial charge >= 0.3 is 5.63 Å². The van der Waals surface area contributed by atoms with E-state index < -0.39 is 40.0 Å². The van der Waals surface area contributed by atoms with E-state index in [2.05, 4.69) is 0 Å². The Kier molecular flexibility index (Phi) is 10.1. The molecule has 9 N–H and O–H groups in total. The van der Waals surface area contributed by atoms with E-state index in [0.29, 0.717) is 46.4 Å². The van der Waals surface area contributed by atoms with E-state index in [-0.39, 0.29) is 90.8 Å². The zero-order valence-electron chi connectivity index (χ0n) is 33.8. The monoisotopic (exact) mass is 900 g/mol. The third kappa shape index (κ3) is 7.05. The molecule has 11 rings (SSSR count). The second kappa shape index (κ2) is 15.8. The summed E-state index contributed by atoms with van der Waals surface area (Å²) in [7, 11) is 1.54. The summed E-state index contributed by atoms with van der Waals surface area (Å²) in [5, 5.41) is 86.2. The van der Waals surface area contributed by atoms with Gasteiger partial charge in [0.05, 0.1) is 30.2 Å². The average Bonchev–Trinajstić information content (AvgIpc) is 3.99. The fourth-order valence-electron chi connectivity index (χ4n) is 7.93. The molecule has 19 heteroatoms. The molecule has 2 atom stereocenters. The summed E-state index contributed by atoms with van der Waals surface area (Å²) in [6, 6.07) is 14.8. The highest BCUT2D eigenvalue weighted by atomic mass is 16.7. The molecule has 5 heterocycles. The lowest BCUT2D eigenvalue weighted by Crippen LogP contribution is -2.14. The first-order valence-corrected chi connectivity index (χ1v) is 19.5. The molecule has 1 aliphatic carbocycles. The van der Waals surface area contributed by atoms with Gasteiger partial charge in [-0.3, -0.25) is 14.4 Å². The molecule has 66 heavy (non-hydrogen) atoms. The summed E-state index contributed by atoms with van der Waals surface area (Å²) in [4.78, 5) is 48.5. The zero-order valence-corrected chi connectivity index (χ0v) is 33.8. The minimum atomic E-state index is -0.888. The minimum absolute atomic E-state index is 0.0163. The summed E-state index contributed by atoms with van der Waals surface area (Å²) in [6.45, 7) is 0. The summed E-state index contributed by atoms with van der Waals surface area (Å²) >= 11 is 0. The van der Waals surface area contributed by atoms with Gasteiger partial charge in [-0.15, -0.1) is 0 Å². The van der Waals surface area contributed by atoms with E-state index in [1.165, 1.54) is 30.3 Å². The van der Waals surface area contributed by atoms with Gasteiger partial charge in [-0.1, -0.05) is 0 Å². The molecule has 2 unspecified atom stereocenters. The van der Waals surface area contributed by atoms with Gasteiger partial charge in [-0.05, 0) is 54.5 Å². The summed E-state index contributed by atoms with van der Waals surface area (Å²) in [5.74, 6) is -3.02. The molecule has 0 saturated heterocycles. The van der Waals surface area contributed by atoms with Gasteiger partial charge in [0.2, 0.25) is 11.2 Å². The smallest absolute Gasteiger partial charge is 0.347 e. The van der Waals surface area contributed by atoms with Crippen molar-refractivity contribution in [2.75, 3.05) is 7.11 Å². The maximum Gasteiger partial charge on any atom is 0.347 e. The number of carbonyl (C=O) groups excluding carboxylic acids is 1. The second-order valence-electron chi connectivity index (χ2n) is 15.0. The normalized spacial score (nSPS) is 15.3. The third-order valence-corrected chi connectivity index (χ3v) is 10.9. The van der Waals surface area contributed by atoms with Crippen molar-refractivity contribution in [2.45, 2.75) is 25.0 Å². The standard InChI is InChI=1S/C17H12O6.C15H10O7.C15H10O6/c1-20-10-6-11-14(8-4-5-21-17(8)22-11)15-13(10)7-2-3-9(18)12(7)16(19)23-15;16-7-4-10(19)12-11(5-7)22-15(14(21)13(12)20)6-1-2-8(17)9(18)3-6;16-8-4-11(19)15-12(20)6-13(21-14(15)5-8)7-1-2-9(17)10(18)3-7/h4-6,8,17H,2-3H2,1H3;1-5,16-19,21H;1-6,16-19H. The van der Waals surface area contributed by atoms with Crippen LogP contribution in [-0.2, 0) is 11.2 Å². The van der Waals surface area contributed by atoms with Crippen molar-refractivity contribution in [3.63, 3.8) is 0 Å². The number of Topliss-reactive ketones (excluding diaryl/α,β-unsaturated/α-hetero) is 1. The fourth-order valence-corrected chi connectivity index (χ4v) is 7.93. The molecular formula is C47H32O19. The van der Waals surface area contributed by atoms with Crippen LogP contribution in [0.5, 0.6) is 63.2 Å². The Hall–Kier alpha value is -9.26. The highest BCUT2D eigenvalue weighted by Crippen LogP contribution is 2.50. The van der Waals surface area contributed by atoms with E-state index in [4.69, 9.17) is 27.5 Å². The number of fused-ring (bicyclic) bond motifs is 9. The number of hydrogen-bond donors (Lipinski definition) is 9. The Bertz CT molecular complexity index is 3580. The lowest BCUT2D eigenvalue weighted by molar-refractivity contribution is -0.00485. The van der Waals surface area contributed by atoms with Crippen LogP contribution in [0, 0.1) is 0 Å². The summed E-state index contributed by atoms with van der Waals surface area (Å²) in [5.41, 5.74) is 0.498. The number of rotatable bonds is 3. The average molecular weight is 901 g/mol. The Balaban J connectivity index is 0.000000125. The molecule has 334 valence electrons. The molecule has 0 fully saturated rings. The molecule has 0 bridgehead atoms. The highest BCUT2D eigenvalue weighted by Gasteiger charge is 2.42. The van der Waals surface area contributed by atoms with E-state index in [1.807, 2.05) is 6.08 Å². The van der Waals surface area contributed by atoms with E-state index in [1.54, 1.807) is 19.4 Å². The van der Waals surface area contributed by atoms with Crippen molar-refractivity contribution < 1.29 is 78.2 Å². The largest absolute Gasteiger partial charge is 0.508 e. The van der Waals surface area contributed by atoms with Crippen LogP contribution < -0.4 is 26.0 Å². The lowest BCUT2D eigenvalue weighted by atomic mass is 9.95. The summed E-state index contributed by atoms with van der Waals surface area (Å²) in [6.07, 6.45) is 3.86. The first kappa shape index (κ1) is 42.1. The lowest BCUT2D eigenvalue weighted by Gasteiger charge is -2.12. The quantitative estimate of drug-likeness (QED) is 0.0670. The van der Waals surface area contributed by atoms with Gasteiger partial charge in [0, 0.05) is 53.9 Å². The van der Waals surface area contributed by atoms with Crippen LogP contribution in [0.3, 0.4) is 0 Å². The molecular weight excluding hydrogens is 868 g/mol. The number of phenols is 8. The molecule has 2 aliphatic heterocycles. The molecule has 19 nitrogen and oxygen atoms in total. The molecule has 0 saturated carbocycles. The summed E-state index contributed by atoms with van der Waals surface area (Å²) < 4.78 is 33.0. The predicted molar refractivity (Wildman–Crippen MR) is 230 cm³/mol. The highest BCUT2D eigenvalue weighted by molar-refractivity contribution is 6.06. The minimum Gasteiger partial charge on any atom is -0.508 e. The van der Waals surface area contributed by atoms with Gasteiger partial charge in [0.1, 0.15) is 73.3 Å². The van der Waals surface area contributed by atoms with Crippen LogP contribution in [0.4, 0.5) is 0 Å². The molecule has 0 amide bonds. The maximum absolute atomic E-state index is 12.3. The molecule has 8 aromatic rings. The fraction of sp³-hybridized carbons (Fsp3) is 0.106. The van der Waals surface area contributed by atoms with Gasteiger partial charge in [-0.25, -0.2) is 4.79 Å². The van der Waals surface area contributed by atoms with Crippen LogP contribution in [0.2, 0.25) is 0 Å². The van der Waals surface area contributed by atoms with Crippen LogP contribution in [0.25, 0.3) is 55.6 Å². The van der Waals surface area contributed by atoms with Crippen LogP contribution in [0.15, 0.2) is 113 Å². The molecule has 3 aliphatic rings. The number of methoxy groups -OCH3 is 1. The second-order valence-corrected chi connectivity index (χ2v) is 15.0. The van der Waals surface area contributed by atoms with Crippen LogP contribution in [-0.4, -0.2) is 65.1 Å². The molecule has 0 radical (unpaired) electrons. The van der Waals surface area contributed by atoms with E-state index in [0.717, 1.165) is 42.0 Å². The predicted octanol–water partition coefficient (Wildman–Crippen LogP) is 6.55. The first-order valence-electron chi connectivity index (χ1n) is 19.5. The molecule has 0 spiro atoms. The topological polar surface area (TPSA) is 317 Å². The van der Waals surface area contributed by atoms with Crippen LogP contribution >= 0.6 is 0 Å². The number of phenolic OH excluding ortho intramolecular Hbond substituents is 8. The van der Waals surface area contributed by atoms with Crippen molar-refractivity contribution in [3.8, 4) is 85.9 Å². The van der Waals surface area contributed by atoms with Gasteiger partial charge in [0.25, 0.3) is 6.29 Å². The van der Waals surface area contributed by atoms with Crippen molar-refractivity contribution in [1.29, 1.82) is 0 Å². The van der Waals surface area contributed by atoms with Crippen molar-refractivity contribution >= 4 is 38.7 Å². The van der Waals surface area contributed by atoms with E-state index >= 15 is 0 Å². The number of carbonyl (C=O) groups is 1. The number of aryl methyl sites for hydroxylation is 1. The number of hydrogen-bond acceptors (Lipinski definition) is 19. The third-order valence-electron chi connectivity index (χ3n) is 10.9. The Morgan fingerprint density at radius 1 is 0.621 bits per heavy atom. The Morgan fingerprint density at radius 3 is 1.92 bits per heavy atom. The molecule has 3 aromatic heterocycles. The number of benzene rings is 5. The van der Waals surface area contributed by atoms with Gasteiger partial charge < -0.3 is 73.4 Å². The first-order chi connectivity index (χ1) is 31.5. The van der Waals surface area contributed by atoms with Crippen molar-refractivity contribution in [1.82, 2.24) is 0 Å². The number of aromatic hydroxyl groups is 9. The number of ketones is 1. The van der Waals surface area contributed by atoms with Crippen molar-refractivity contribution in [2.24, 2.45) is 0 Å².